The van der Waals surface area contributed by atoms with Gasteiger partial charge < -0.3 is 15.0 Å². The second-order valence-electron chi connectivity index (χ2n) is 7.75. The van der Waals surface area contributed by atoms with Gasteiger partial charge in [0.25, 0.3) is 0 Å². The summed E-state index contributed by atoms with van der Waals surface area (Å²) in [6, 6.07) is 10.1. The van der Waals surface area contributed by atoms with Crippen molar-refractivity contribution in [2.24, 2.45) is 0 Å². The Morgan fingerprint density at radius 2 is 2.17 bits per heavy atom. The number of tetrazole rings is 1. The number of benzene rings is 1. The van der Waals surface area contributed by atoms with E-state index < -0.39 is 0 Å². The van der Waals surface area contributed by atoms with E-state index in [-0.39, 0.29) is 17.9 Å². The van der Waals surface area contributed by atoms with Crippen LogP contribution >= 0.6 is 0 Å². The van der Waals surface area contributed by atoms with Gasteiger partial charge in [-0.2, -0.15) is 0 Å². The highest BCUT2D eigenvalue weighted by atomic mass is 16.5. The molecular formula is C20H22N8O2. The molecule has 1 saturated heterocycles. The number of ether oxygens (including phenoxy) is 1. The Balaban J connectivity index is 1.33. The molecule has 1 aromatic carbocycles. The molecule has 1 spiro atoms. The average molecular weight is 406 g/mol. The van der Waals surface area contributed by atoms with E-state index in [1.54, 1.807) is 0 Å². The number of nitrogens with one attached hydrogen (secondary N) is 1. The Morgan fingerprint density at radius 3 is 3.00 bits per heavy atom. The lowest BCUT2D eigenvalue weighted by atomic mass is 9.80. The SMILES string of the molecule is O=C(Cn1cnnn1)N1CC[C@@]2(COCc3cnc(NCc4ccccc4)nc32)C1. The van der Waals surface area contributed by atoms with Crippen LogP contribution in [0.25, 0.3) is 0 Å². The van der Waals surface area contributed by atoms with Gasteiger partial charge in [0.2, 0.25) is 11.9 Å². The molecule has 1 N–H and O–H groups in total. The third-order valence-corrected chi connectivity index (χ3v) is 5.69. The van der Waals surface area contributed by atoms with Crippen molar-refractivity contribution in [2.45, 2.75) is 31.5 Å². The van der Waals surface area contributed by atoms with Gasteiger partial charge in [-0.15, -0.1) is 5.10 Å². The minimum Gasteiger partial charge on any atom is -0.376 e. The molecule has 1 fully saturated rings. The molecule has 1 amide bonds. The molecule has 3 aromatic rings. The summed E-state index contributed by atoms with van der Waals surface area (Å²) in [5.74, 6) is 0.583. The predicted molar refractivity (Wildman–Crippen MR) is 106 cm³/mol. The summed E-state index contributed by atoms with van der Waals surface area (Å²) in [5, 5.41) is 14.3. The quantitative estimate of drug-likeness (QED) is 0.662. The van der Waals surface area contributed by atoms with E-state index in [1.807, 2.05) is 29.3 Å². The number of nitrogens with zero attached hydrogens (tertiary/aromatic N) is 7. The summed E-state index contributed by atoms with van der Waals surface area (Å²) in [7, 11) is 0. The lowest BCUT2D eigenvalue weighted by molar-refractivity contribution is -0.131. The van der Waals surface area contributed by atoms with Crippen molar-refractivity contribution < 1.29 is 9.53 Å². The summed E-state index contributed by atoms with van der Waals surface area (Å²) in [5.41, 5.74) is 2.83. The Labute approximate surface area is 173 Å². The number of carbonyl (C=O) groups excluding carboxylic acids is 1. The molecule has 4 heterocycles. The molecule has 0 unspecified atom stereocenters. The van der Waals surface area contributed by atoms with Crippen LogP contribution in [-0.2, 0) is 34.6 Å². The van der Waals surface area contributed by atoms with E-state index >= 15 is 0 Å². The minimum atomic E-state index is -0.310. The maximum atomic E-state index is 12.7. The van der Waals surface area contributed by atoms with Crippen LogP contribution in [0, 0.1) is 0 Å². The molecule has 2 aromatic heterocycles. The van der Waals surface area contributed by atoms with Gasteiger partial charge in [0.05, 0.1) is 24.3 Å². The summed E-state index contributed by atoms with van der Waals surface area (Å²) in [6.45, 7) is 3.04. The van der Waals surface area contributed by atoms with Crippen LogP contribution in [0.5, 0.6) is 0 Å². The van der Waals surface area contributed by atoms with Gasteiger partial charge in [-0.3, -0.25) is 4.79 Å². The van der Waals surface area contributed by atoms with Crippen molar-refractivity contribution in [3.05, 3.63) is 59.7 Å². The molecule has 1 atom stereocenters. The average Bonchev–Trinajstić information content (AvgIpc) is 3.44. The fraction of sp³-hybridized carbons (Fsp3) is 0.400. The molecule has 0 bridgehead atoms. The minimum absolute atomic E-state index is 0.0113. The van der Waals surface area contributed by atoms with Gasteiger partial charge in [0.15, 0.2) is 0 Å². The molecular weight excluding hydrogens is 384 g/mol. The van der Waals surface area contributed by atoms with Crippen LogP contribution in [0.1, 0.15) is 23.2 Å². The van der Waals surface area contributed by atoms with Crippen LogP contribution in [0.4, 0.5) is 5.95 Å². The summed E-state index contributed by atoms with van der Waals surface area (Å²) in [4.78, 5) is 23.9. The normalized spacial score (nSPS) is 20.3. The third kappa shape index (κ3) is 3.61. The maximum Gasteiger partial charge on any atom is 0.244 e. The lowest BCUT2D eigenvalue weighted by Crippen LogP contribution is -2.42. The van der Waals surface area contributed by atoms with Crippen molar-refractivity contribution >= 4 is 11.9 Å². The Bertz CT molecular complexity index is 1030. The van der Waals surface area contributed by atoms with Crippen LogP contribution in [0.3, 0.4) is 0 Å². The fourth-order valence-electron chi connectivity index (χ4n) is 4.15. The van der Waals surface area contributed by atoms with Crippen molar-refractivity contribution in [3.8, 4) is 0 Å². The molecule has 2 aliphatic heterocycles. The highest BCUT2D eigenvalue weighted by molar-refractivity contribution is 5.76. The molecule has 10 nitrogen and oxygen atoms in total. The number of amides is 1. The number of hydrogen-bond donors (Lipinski definition) is 1. The Hall–Kier alpha value is -3.40. The van der Waals surface area contributed by atoms with Gasteiger partial charge >= 0.3 is 0 Å². The van der Waals surface area contributed by atoms with E-state index in [4.69, 9.17) is 9.72 Å². The number of hydrogen-bond acceptors (Lipinski definition) is 8. The van der Waals surface area contributed by atoms with Gasteiger partial charge in [0, 0.05) is 31.4 Å². The van der Waals surface area contributed by atoms with Crippen molar-refractivity contribution in [3.63, 3.8) is 0 Å². The van der Waals surface area contributed by atoms with Gasteiger partial charge in [-0.05, 0) is 22.4 Å². The third-order valence-electron chi connectivity index (χ3n) is 5.69. The summed E-state index contributed by atoms with van der Waals surface area (Å²) in [6.07, 6.45) is 4.08. The molecule has 0 saturated carbocycles. The highest BCUT2D eigenvalue weighted by Gasteiger charge is 2.46. The smallest absolute Gasteiger partial charge is 0.244 e. The van der Waals surface area contributed by atoms with E-state index in [0.29, 0.717) is 38.8 Å². The van der Waals surface area contributed by atoms with Crippen LogP contribution < -0.4 is 5.32 Å². The number of aromatic nitrogens is 6. The molecule has 5 rings (SSSR count). The zero-order valence-electron chi connectivity index (χ0n) is 16.4. The zero-order valence-corrected chi connectivity index (χ0v) is 16.4. The van der Waals surface area contributed by atoms with Gasteiger partial charge in [-0.1, -0.05) is 30.3 Å². The van der Waals surface area contributed by atoms with E-state index in [0.717, 1.165) is 23.2 Å². The largest absolute Gasteiger partial charge is 0.376 e. The topological polar surface area (TPSA) is 111 Å². The van der Waals surface area contributed by atoms with Gasteiger partial charge in [0.1, 0.15) is 12.9 Å². The summed E-state index contributed by atoms with van der Waals surface area (Å²) < 4.78 is 7.30. The van der Waals surface area contributed by atoms with Crippen molar-refractivity contribution in [1.82, 2.24) is 35.1 Å². The zero-order chi connectivity index (χ0) is 20.4. The second kappa shape index (κ2) is 7.79. The number of anilines is 1. The number of fused-ring (bicyclic) bond motifs is 2. The standard InChI is InChI=1S/C20H22N8O2/c29-17(10-28-14-23-25-26-28)27-7-6-20(12-27)13-30-11-16-9-22-19(24-18(16)20)21-8-15-4-2-1-3-5-15/h1-5,9,14H,6-8,10-13H2,(H,21,22,24)/t20-/m0/s1. The molecule has 30 heavy (non-hydrogen) atoms. The Kier molecular flexibility index (Phi) is 4.83. The van der Waals surface area contributed by atoms with E-state index in [2.05, 4.69) is 38.0 Å². The first-order valence-corrected chi connectivity index (χ1v) is 9.92. The number of carbonyl (C=O) groups is 1. The molecule has 10 heteroatoms. The van der Waals surface area contributed by atoms with Crippen LogP contribution in [-0.4, -0.2) is 60.7 Å². The first-order valence-electron chi connectivity index (χ1n) is 9.92. The van der Waals surface area contributed by atoms with Crippen molar-refractivity contribution in [1.29, 1.82) is 0 Å². The molecule has 2 aliphatic rings. The monoisotopic (exact) mass is 406 g/mol. The lowest BCUT2D eigenvalue weighted by Gasteiger charge is -2.34. The second-order valence-corrected chi connectivity index (χ2v) is 7.75. The number of rotatable bonds is 5. The van der Waals surface area contributed by atoms with E-state index in [9.17, 15) is 4.79 Å². The van der Waals surface area contributed by atoms with Gasteiger partial charge in [-0.25, -0.2) is 14.6 Å². The van der Waals surface area contributed by atoms with Crippen LogP contribution in [0.2, 0.25) is 0 Å². The fourth-order valence-corrected chi connectivity index (χ4v) is 4.15. The van der Waals surface area contributed by atoms with Crippen molar-refractivity contribution in [2.75, 3.05) is 25.0 Å². The summed E-state index contributed by atoms with van der Waals surface area (Å²) >= 11 is 0. The predicted octanol–water partition coefficient (Wildman–Crippen LogP) is 0.776. The maximum absolute atomic E-state index is 12.7. The van der Waals surface area contributed by atoms with E-state index in [1.165, 1.54) is 11.0 Å². The molecule has 0 aliphatic carbocycles. The Morgan fingerprint density at radius 1 is 1.27 bits per heavy atom. The highest BCUT2D eigenvalue weighted by Crippen LogP contribution is 2.39. The first kappa shape index (κ1) is 18.6. The first-order chi connectivity index (χ1) is 14.7. The number of likely N-dealkylation sites (tertiary alicyclic amines) is 1. The van der Waals surface area contributed by atoms with Crippen LogP contribution in [0.15, 0.2) is 42.9 Å². The molecule has 0 radical (unpaired) electrons. The molecule has 154 valence electrons.